The summed E-state index contributed by atoms with van der Waals surface area (Å²) >= 11 is 0. The zero-order valence-corrected chi connectivity index (χ0v) is 18.0. The normalized spacial score (nSPS) is 12.4. The fourth-order valence-electron chi connectivity index (χ4n) is 3.32. The molecule has 0 atom stereocenters. The van der Waals surface area contributed by atoms with E-state index < -0.39 is 6.09 Å². The van der Waals surface area contributed by atoms with Crippen molar-refractivity contribution in [3.05, 3.63) is 60.4 Å². The van der Waals surface area contributed by atoms with Gasteiger partial charge in [-0.2, -0.15) is 0 Å². The van der Waals surface area contributed by atoms with Gasteiger partial charge in [-0.25, -0.2) is 14.8 Å². The summed E-state index contributed by atoms with van der Waals surface area (Å²) in [6, 6.07) is 13.0. The first-order valence-corrected chi connectivity index (χ1v) is 10.00. The summed E-state index contributed by atoms with van der Waals surface area (Å²) in [7, 11) is 4.79. The summed E-state index contributed by atoms with van der Waals surface area (Å²) in [6.07, 6.45) is 2.91. The summed E-state index contributed by atoms with van der Waals surface area (Å²) in [6.45, 7) is 0.742. The highest BCUT2D eigenvalue weighted by Crippen LogP contribution is 2.33. The second-order valence-corrected chi connectivity index (χ2v) is 7.35. The zero-order valence-electron chi connectivity index (χ0n) is 18.0. The predicted octanol–water partition coefficient (Wildman–Crippen LogP) is 3.55. The van der Waals surface area contributed by atoms with Crippen LogP contribution in [0.5, 0.6) is 5.88 Å². The second kappa shape index (κ2) is 8.93. The number of ether oxygens (including phenoxy) is 2. The molecule has 32 heavy (non-hydrogen) atoms. The van der Waals surface area contributed by atoms with Gasteiger partial charge in [0, 0.05) is 31.4 Å². The number of nitrogens with zero attached hydrogens (tertiary/aromatic N) is 4. The number of carbonyl (C=O) groups excluding carboxylic acids is 2. The SMILES string of the molecule is COC(=O)N1CCOc2ncc(Nc3ccc(-c4ccc(C(=O)N(C)C)cc4)cn3)cc21. The fourth-order valence-corrected chi connectivity index (χ4v) is 3.32. The van der Waals surface area contributed by atoms with Crippen LogP contribution in [0.25, 0.3) is 11.1 Å². The number of carbonyl (C=O) groups is 2. The molecule has 0 bridgehead atoms. The number of nitrogens with one attached hydrogen (secondary N) is 1. The first kappa shape index (κ1) is 21.1. The monoisotopic (exact) mass is 433 g/mol. The van der Waals surface area contributed by atoms with Crippen LogP contribution >= 0.6 is 0 Å². The lowest BCUT2D eigenvalue weighted by atomic mass is 10.1. The molecule has 0 saturated carbocycles. The van der Waals surface area contributed by atoms with E-state index in [1.807, 2.05) is 24.3 Å². The van der Waals surface area contributed by atoms with Crippen LogP contribution in [0.2, 0.25) is 0 Å². The standard InChI is InChI=1S/C23H23N5O4/c1-27(2)22(29)16-6-4-15(5-7-16)17-8-9-20(24-13-17)26-18-12-19-21(25-14-18)32-11-10-28(19)23(30)31-3/h4-9,12-14H,10-11H2,1-3H3,(H,24,26). The van der Waals surface area contributed by atoms with Crippen molar-refractivity contribution >= 4 is 29.2 Å². The van der Waals surface area contributed by atoms with Crippen LogP contribution in [0, 0.1) is 0 Å². The molecule has 0 spiro atoms. The van der Waals surface area contributed by atoms with Crippen molar-refractivity contribution in [1.82, 2.24) is 14.9 Å². The second-order valence-electron chi connectivity index (χ2n) is 7.35. The minimum Gasteiger partial charge on any atom is -0.474 e. The average Bonchev–Trinajstić information content (AvgIpc) is 2.83. The summed E-state index contributed by atoms with van der Waals surface area (Å²) < 4.78 is 10.4. The highest BCUT2D eigenvalue weighted by Gasteiger charge is 2.25. The third-order valence-corrected chi connectivity index (χ3v) is 4.98. The number of hydrogen-bond acceptors (Lipinski definition) is 7. The highest BCUT2D eigenvalue weighted by molar-refractivity contribution is 5.94. The third kappa shape index (κ3) is 4.31. The van der Waals surface area contributed by atoms with Crippen LogP contribution in [0.15, 0.2) is 54.9 Å². The van der Waals surface area contributed by atoms with Gasteiger partial charge >= 0.3 is 6.09 Å². The van der Waals surface area contributed by atoms with Crippen molar-refractivity contribution in [2.45, 2.75) is 0 Å². The molecule has 9 nitrogen and oxygen atoms in total. The topological polar surface area (TPSA) is 96.9 Å². The molecule has 0 radical (unpaired) electrons. The molecule has 1 aliphatic heterocycles. The highest BCUT2D eigenvalue weighted by atomic mass is 16.5. The molecular formula is C23H23N5O4. The van der Waals surface area contributed by atoms with E-state index in [1.165, 1.54) is 12.0 Å². The smallest absolute Gasteiger partial charge is 0.414 e. The van der Waals surface area contributed by atoms with Gasteiger partial charge in [-0.3, -0.25) is 9.69 Å². The minimum absolute atomic E-state index is 0.0379. The first-order valence-electron chi connectivity index (χ1n) is 10.00. The molecule has 2 amide bonds. The van der Waals surface area contributed by atoms with Gasteiger partial charge in [0.25, 0.3) is 5.91 Å². The maximum absolute atomic E-state index is 12.0. The molecule has 3 aromatic rings. The number of amides is 2. The number of anilines is 3. The van der Waals surface area contributed by atoms with Crippen LogP contribution < -0.4 is 15.0 Å². The Balaban J connectivity index is 1.50. The molecule has 1 aliphatic rings. The third-order valence-electron chi connectivity index (χ3n) is 4.98. The van der Waals surface area contributed by atoms with Crippen molar-refractivity contribution in [3.63, 3.8) is 0 Å². The lowest BCUT2D eigenvalue weighted by Gasteiger charge is -2.27. The number of benzene rings is 1. The minimum atomic E-state index is -0.464. The molecule has 9 heteroatoms. The maximum Gasteiger partial charge on any atom is 0.414 e. The molecule has 3 heterocycles. The van der Waals surface area contributed by atoms with Crippen molar-refractivity contribution < 1.29 is 19.1 Å². The predicted molar refractivity (Wildman–Crippen MR) is 120 cm³/mol. The molecule has 0 saturated heterocycles. The summed E-state index contributed by atoms with van der Waals surface area (Å²) in [5.41, 5.74) is 3.72. The average molecular weight is 433 g/mol. The van der Waals surface area contributed by atoms with E-state index in [-0.39, 0.29) is 5.91 Å². The van der Waals surface area contributed by atoms with Crippen molar-refractivity contribution in [3.8, 4) is 17.0 Å². The molecule has 1 aromatic carbocycles. The Labute approximate surface area is 185 Å². The summed E-state index contributed by atoms with van der Waals surface area (Å²) in [5, 5.41) is 3.19. The Morgan fingerprint density at radius 3 is 2.47 bits per heavy atom. The fraction of sp³-hybridized carbons (Fsp3) is 0.217. The summed E-state index contributed by atoms with van der Waals surface area (Å²) in [5.74, 6) is 0.965. The molecule has 0 aliphatic carbocycles. The Bertz CT molecular complexity index is 1130. The lowest BCUT2D eigenvalue weighted by Crippen LogP contribution is -2.38. The number of methoxy groups -OCH3 is 1. The van der Waals surface area contributed by atoms with Crippen LogP contribution in [-0.2, 0) is 4.74 Å². The molecule has 4 rings (SSSR count). The van der Waals surface area contributed by atoms with Gasteiger partial charge in [0.2, 0.25) is 5.88 Å². The number of rotatable bonds is 4. The number of fused-ring (bicyclic) bond motifs is 1. The quantitative estimate of drug-likeness (QED) is 0.672. The van der Waals surface area contributed by atoms with Gasteiger partial charge in [0.1, 0.15) is 18.1 Å². The van der Waals surface area contributed by atoms with Gasteiger partial charge in [-0.15, -0.1) is 0 Å². The van der Waals surface area contributed by atoms with Crippen LogP contribution in [0.3, 0.4) is 0 Å². The van der Waals surface area contributed by atoms with Gasteiger partial charge in [-0.1, -0.05) is 12.1 Å². The van der Waals surface area contributed by atoms with Crippen molar-refractivity contribution in [2.75, 3.05) is 44.6 Å². The molecule has 0 fully saturated rings. The first-order chi connectivity index (χ1) is 15.5. The van der Waals surface area contributed by atoms with E-state index in [0.29, 0.717) is 41.8 Å². The molecule has 164 valence electrons. The van der Waals surface area contributed by atoms with E-state index in [9.17, 15) is 9.59 Å². The van der Waals surface area contributed by atoms with Crippen LogP contribution in [0.4, 0.5) is 22.0 Å². The van der Waals surface area contributed by atoms with E-state index in [2.05, 4.69) is 15.3 Å². The van der Waals surface area contributed by atoms with Crippen LogP contribution in [-0.4, -0.2) is 61.2 Å². The van der Waals surface area contributed by atoms with Gasteiger partial charge in [0.05, 0.1) is 25.5 Å². The largest absolute Gasteiger partial charge is 0.474 e. The Kier molecular flexibility index (Phi) is 5.89. The molecular weight excluding hydrogens is 410 g/mol. The maximum atomic E-state index is 12.0. The Hall–Kier alpha value is -4.14. The molecule has 0 unspecified atom stereocenters. The van der Waals surface area contributed by atoms with Crippen molar-refractivity contribution in [2.24, 2.45) is 0 Å². The molecule has 2 aromatic heterocycles. The lowest BCUT2D eigenvalue weighted by molar-refractivity contribution is 0.0827. The van der Waals surface area contributed by atoms with E-state index in [0.717, 1.165) is 11.1 Å². The van der Waals surface area contributed by atoms with E-state index >= 15 is 0 Å². The zero-order chi connectivity index (χ0) is 22.7. The van der Waals surface area contributed by atoms with E-state index in [1.54, 1.807) is 49.6 Å². The van der Waals surface area contributed by atoms with Crippen LogP contribution in [0.1, 0.15) is 10.4 Å². The van der Waals surface area contributed by atoms with Gasteiger partial charge in [-0.05, 0) is 35.9 Å². The number of aromatic nitrogens is 2. The van der Waals surface area contributed by atoms with Gasteiger partial charge < -0.3 is 19.7 Å². The number of hydrogen-bond donors (Lipinski definition) is 1. The molecule has 1 N–H and O–H groups in total. The number of pyridine rings is 2. The van der Waals surface area contributed by atoms with E-state index in [4.69, 9.17) is 9.47 Å². The van der Waals surface area contributed by atoms with Gasteiger partial charge in [0.15, 0.2) is 0 Å². The summed E-state index contributed by atoms with van der Waals surface area (Å²) in [4.78, 5) is 35.9. The van der Waals surface area contributed by atoms with Crippen molar-refractivity contribution in [1.29, 1.82) is 0 Å². The Morgan fingerprint density at radius 1 is 1.06 bits per heavy atom. The Morgan fingerprint density at radius 2 is 1.81 bits per heavy atom.